The highest BCUT2D eigenvalue weighted by atomic mass is 16.2. The lowest BCUT2D eigenvalue weighted by Crippen LogP contribution is -2.43. The molecule has 2 amide bonds. The van der Waals surface area contributed by atoms with Crippen LogP contribution >= 0.6 is 0 Å². The SMILES string of the molecule is CC(NC(=O)N1CC=C(C(C)(C)C)CC1)c1cn(-c2ccccc2)nn1. The first-order chi connectivity index (χ1) is 12.3. The molecule has 6 heteroatoms. The van der Waals surface area contributed by atoms with E-state index in [2.05, 4.69) is 42.5 Å². The number of para-hydroxylation sites is 1. The minimum Gasteiger partial charge on any atom is -0.330 e. The molecule has 2 aromatic rings. The Morgan fingerprint density at radius 3 is 2.58 bits per heavy atom. The van der Waals surface area contributed by atoms with Crippen molar-refractivity contribution in [1.82, 2.24) is 25.2 Å². The van der Waals surface area contributed by atoms with E-state index in [1.54, 1.807) is 4.68 Å². The molecular weight excluding hydrogens is 326 g/mol. The van der Waals surface area contributed by atoms with E-state index in [1.165, 1.54) is 5.57 Å². The summed E-state index contributed by atoms with van der Waals surface area (Å²) in [6.07, 6.45) is 4.96. The van der Waals surface area contributed by atoms with Gasteiger partial charge in [-0.05, 0) is 30.9 Å². The van der Waals surface area contributed by atoms with Crippen LogP contribution in [0, 0.1) is 5.41 Å². The zero-order valence-electron chi connectivity index (χ0n) is 15.9. The van der Waals surface area contributed by atoms with Crippen LogP contribution in [0.4, 0.5) is 4.79 Å². The van der Waals surface area contributed by atoms with E-state index in [0.717, 1.165) is 24.3 Å². The highest BCUT2D eigenvalue weighted by Gasteiger charge is 2.24. The number of carbonyl (C=O) groups excluding carboxylic acids is 1. The molecule has 6 nitrogen and oxygen atoms in total. The maximum Gasteiger partial charge on any atom is 0.318 e. The second kappa shape index (κ2) is 7.32. The van der Waals surface area contributed by atoms with Gasteiger partial charge in [-0.15, -0.1) is 5.10 Å². The summed E-state index contributed by atoms with van der Waals surface area (Å²) >= 11 is 0. The Labute approximate surface area is 154 Å². The molecule has 1 atom stereocenters. The molecule has 1 aliphatic rings. The van der Waals surface area contributed by atoms with Crippen LogP contribution in [0.5, 0.6) is 0 Å². The van der Waals surface area contributed by atoms with Crippen molar-refractivity contribution in [1.29, 1.82) is 0 Å². The number of hydrogen-bond donors (Lipinski definition) is 1. The number of rotatable bonds is 3. The minimum atomic E-state index is -0.201. The molecule has 0 bridgehead atoms. The highest BCUT2D eigenvalue weighted by molar-refractivity contribution is 5.75. The van der Waals surface area contributed by atoms with Gasteiger partial charge < -0.3 is 10.2 Å². The molecule has 0 saturated heterocycles. The third kappa shape index (κ3) is 4.12. The first-order valence-corrected chi connectivity index (χ1v) is 9.07. The van der Waals surface area contributed by atoms with Gasteiger partial charge in [-0.2, -0.15) is 0 Å². The molecule has 0 saturated carbocycles. The minimum absolute atomic E-state index is 0.0593. The van der Waals surface area contributed by atoms with Crippen LogP contribution in [0.15, 0.2) is 48.2 Å². The Hall–Kier alpha value is -2.63. The average molecular weight is 353 g/mol. The summed E-state index contributed by atoms with van der Waals surface area (Å²) in [4.78, 5) is 14.4. The molecule has 2 heterocycles. The van der Waals surface area contributed by atoms with Gasteiger partial charge in [0.25, 0.3) is 0 Å². The quantitative estimate of drug-likeness (QED) is 0.856. The summed E-state index contributed by atoms with van der Waals surface area (Å²) in [6, 6.07) is 9.55. The lowest BCUT2D eigenvalue weighted by molar-refractivity contribution is 0.196. The number of nitrogens with zero attached hydrogens (tertiary/aromatic N) is 4. The van der Waals surface area contributed by atoms with Gasteiger partial charge in [0.05, 0.1) is 17.9 Å². The monoisotopic (exact) mass is 353 g/mol. The zero-order valence-corrected chi connectivity index (χ0v) is 15.9. The van der Waals surface area contributed by atoms with Crippen LogP contribution in [0.2, 0.25) is 0 Å². The maximum absolute atomic E-state index is 12.5. The standard InChI is InChI=1S/C20H27N5O/c1-15(18-14-25(23-22-18)17-8-6-5-7-9-17)21-19(26)24-12-10-16(11-13-24)20(2,3)4/h5-10,14-15H,11-13H2,1-4H3,(H,21,26). The van der Waals surface area contributed by atoms with Gasteiger partial charge in [-0.3, -0.25) is 0 Å². The fourth-order valence-electron chi connectivity index (χ4n) is 3.07. The summed E-state index contributed by atoms with van der Waals surface area (Å²) in [5.41, 5.74) is 3.28. The molecule has 0 fully saturated rings. The van der Waals surface area contributed by atoms with Gasteiger partial charge in [0, 0.05) is 13.1 Å². The van der Waals surface area contributed by atoms with Crippen LogP contribution in [0.1, 0.15) is 45.9 Å². The smallest absolute Gasteiger partial charge is 0.318 e. The van der Waals surface area contributed by atoms with Gasteiger partial charge in [-0.1, -0.05) is 55.8 Å². The number of carbonyl (C=O) groups is 1. The van der Waals surface area contributed by atoms with Crippen molar-refractivity contribution < 1.29 is 4.79 Å². The number of benzene rings is 1. The van der Waals surface area contributed by atoms with Gasteiger partial charge in [0.15, 0.2) is 0 Å². The fourth-order valence-corrected chi connectivity index (χ4v) is 3.07. The topological polar surface area (TPSA) is 63.1 Å². The summed E-state index contributed by atoms with van der Waals surface area (Å²) in [7, 11) is 0. The third-order valence-corrected chi connectivity index (χ3v) is 4.78. The van der Waals surface area contributed by atoms with Crippen molar-refractivity contribution in [2.75, 3.05) is 13.1 Å². The number of hydrogen-bond acceptors (Lipinski definition) is 3. The normalized spacial score (nSPS) is 16.2. The number of amides is 2. The molecule has 0 spiro atoms. The van der Waals surface area contributed by atoms with E-state index in [1.807, 2.05) is 48.4 Å². The molecule has 1 aromatic carbocycles. The first-order valence-electron chi connectivity index (χ1n) is 9.07. The predicted octanol–water partition coefficient (Wildman–Crippen LogP) is 3.72. The van der Waals surface area contributed by atoms with Crippen molar-refractivity contribution in [3.8, 4) is 5.69 Å². The van der Waals surface area contributed by atoms with Crippen molar-refractivity contribution >= 4 is 6.03 Å². The average Bonchev–Trinajstić information content (AvgIpc) is 3.12. The number of urea groups is 1. The zero-order chi connectivity index (χ0) is 18.7. The predicted molar refractivity (Wildman–Crippen MR) is 102 cm³/mol. The molecule has 1 N–H and O–H groups in total. The van der Waals surface area contributed by atoms with Crippen molar-refractivity contribution in [3.63, 3.8) is 0 Å². The second-order valence-electron chi connectivity index (χ2n) is 7.77. The van der Waals surface area contributed by atoms with E-state index in [0.29, 0.717) is 6.54 Å². The Morgan fingerprint density at radius 2 is 1.96 bits per heavy atom. The largest absolute Gasteiger partial charge is 0.330 e. The molecule has 0 radical (unpaired) electrons. The molecule has 1 aliphatic heterocycles. The molecule has 3 rings (SSSR count). The first kappa shape index (κ1) is 18.2. The summed E-state index contributed by atoms with van der Waals surface area (Å²) in [5.74, 6) is 0. The Balaban J connectivity index is 1.60. The van der Waals surface area contributed by atoms with E-state index in [9.17, 15) is 4.79 Å². The maximum atomic E-state index is 12.5. The van der Waals surface area contributed by atoms with Crippen molar-refractivity contribution in [2.24, 2.45) is 5.41 Å². The summed E-state index contributed by atoms with van der Waals surface area (Å²) < 4.78 is 1.72. The fraction of sp³-hybridized carbons (Fsp3) is 0.450. The molecule has 26 heavy (non-hydrogen) atoms. The lowest BCUT2D eigenvalue weighted by Gasteiger charge is -2.32. The number of nitrogens with one attached hydrogen (secondary N) is 1. The van der Waals surface area contributed by atoms with Gasteiger partial charge >= 0.3 is 6.03 Å². The Bertz CT molecular complexity index is 788. The molecule has 138 valence electrons. The molecule has 0 aliphatic carbocycles. The highest BCUT2D eigenvalue weighted by Crippen LogP contribution is 2.30. The van der Waals surface area contributed by atoms with E-state index in [-0.39, 0.29) is 17.5 Å². The third-order valence-electron chi connectivity index (χ3n) is 4.78. The second-order valence-corrected chi connectivity index (χ2v) is 7.77. The van der Waals surface area contributed by atoms with Crippen LogP contribution in [-0.4, -0.2) is 39.0 Å². The van der Waals surface area contributed by atoms with Gasteiger partial charge in [0.2, 0.25) is 0 Å². The van der Waals surface area contributed by atoms with E-state index >= 15 is 0 Å². The van der Waals surface area contributed by atoms with Crippen LogP contribution in [0.3, 0.4) is 0 Å². The lowest BCUT2D eigenvalue weighted by atomic mass is 9.83. The Morgan fingerprint density at radius 1 is 1.23 bits per heavy atom. The molecular formula is C20H27N5O. The molecule has 1 aromatic heterocycles. The van der Waals surface area contributed by atoms with Crippen molar-refractivity contribution in [3.05, 3.63) is 53.9 Å². The van der Waals surface area contributed by atoms with Crippen molar-refractivity contribution in [2.45, 2.75) is 40.2 Å². The van der Waals surface area contributed by atoms with Crippen LogP contribution in [-0.2, 0) is 0 Å². The van der Waals surface area contributed by atoms with Crippen LogP contribution in [0.25, 0.3) is 5.69 Å². The van der Waals surface area contributed by atoms with Crippen LogP contribution < -0.4 is 5.32 Å². The number of aromatic nitrogens is 3. The van der Waals surface area contributed by atoms with Gasteiger partial charge in [-0.25, -0.2) is 9.48 Å². The summed E-state index contributed by atoms with van der Waals surface area (Å²) in [6.45, 7) is 9.98. The van der Waals surface area contributed by atoms with Gasteiger partial charge in [0.1, 0.15) is 5.69 Å². The molecule has 1 unspecified atom stereocenters. The Kier molecular flexibility index (Phi) is 5.11. The van der Waals surface area contributed by atoms with E-state index in [4.69, 9.17) is 0 Å². The van der Waals surface area contributed by atoms with E-state index < -0.39 is 0 Å². The summed E-state index contributed by atoms with van der Waals surface area (Å²) in [5, 5.41) is 11.4.